The van der Waals surface area contributed by atoms with Crippen molar-refractivity contribution in [3.05, 3.63) is 65.2 Å². The number of amides is 2. The number of nitrogens with one attached hydrogen (secondary N) is 1. The van der Waals surface area contributed by atoms with E-state index in [1.165, 1.54) is 5.56 Å². The lowest BCUT2D eigenvalue weighted by Crippen LogP contribution is -2.50. The monoisotopic (exact) mass is 438 g/mol. The summed E-state index contributed by atoms with van der Waals surface area (Å²) in [6, 6.07) is 15.5. The minimum atomic E-state index is -0.268. The Morgan fingerprint density at radius 1 is 1.00 bits per heavy atom. The smallest absolute Gasteiger partial charge is 0.252 e. The Bertz CT molecular complexity index is 810. The zero-order chi connectivity index (χ0) is 19.2. The first-order chi connectivity index (χ1) is 13.0. The summed E-state index contributed by atoms with van der Waals surface area (Å²) in [5, 5.41) is 2.72. The molecule has 8 heteroatoms. The number of nitrogen functional groups attached to an aromatic ring is 1. The van der Waals surface area contributed by atoms with Crippen molar-refractivity contribution >= 4 is 42.3 Å². The van der Waals surface area contributed by atoms with Crippen LogP contribution in [0, 0.1) is 6.92 Å². The number of nitrogens with zero attached hydrogens (tertiary/aromatic N) is 2. The first-order valence-electron chi connectivity index (χ1n) is 9.21. The molecule has 1 aliphatic heterocycles. The van der Waals surface area contributed by atoms with Crippen LogP contribution in [-0.2, 0) is 11.3 Å². The van der Waals surface area contributed by atoms with Gasteiger partial charge in [-0.25, -0.2) is 0 Å². The van der Waals surface area contributed by atoms with Gasteiger partial charge in [-0.1, -0.05) is 36.4 Å². The summed E-state index contributed by atoms with van der Waals surface area (Å²) < 4.78 is 0. The molecule has 0 atom stereocenters. The standard InChI is InChI=1S/C21H26N4O2.2ClH/c1-16-7-8-18(22)13-19(16)21(27)23-14-20(26)25-11-9-24(10-12-25)15-17-5-3-2-4-6-17;;/h2-8,13H,9-12,14-15,22H2,1H3,(H,23,27);2*1H. The Morgan fingerprint density at radius 2 is 1.66 bits per heavy atom. The quantitative estimate of drug-likeness (QED) is 0.702. The number of halogens is 2. The minimum Gasteiger partial charge on any atom is -0.399 e. The molecule has 3 N–H and O–H groups in total. The molecular formula is C21H28Cl2N4O2. The van der Waals surface area contributed by atoms with Crippen LogP contribution in [0.5, 0.6) is 0 Å². The largest absolute Gasteiger partial charge is 0.399 e. The van der Waals surface area contributed by atoms with Gasteiger partial charge in [-0.15, -0.1) is 24.8 Å². The van der Waals surface area contributed by atoms with E-state index in [9.17, 15) is 9.59 Å². The summed E-state index contributed by atoms with van der Waals surface area (Å²) in [5.41, 5.74) is 8.91. The molecule has 1 heterocycles. The molecule has 0 aromatic heterocycles. The van der Waals surface area contributed by atoms with Gasteiger partial charge in [-0.3, -0.25) is 14.5 Å². The molecule has 1 saturated heterocycles. The Hall–Kier alpha value is -2.28. The Morgan fingerprint density at radius 3 is 2.31 bits per heavy atom. The van der Waals surface area contributed by atoms with E-state index in [0.29, 0.717) is 24.3 Å². The van der Waals surface area contributed by atoms with Gasteiger partial charge >= 0.3 is 0 Å². The molecule has 0 bridgehead atoms. The topological polar surface area (TPSA) is 78.7 Å². The number of benzene rings is 2. The molecule has 2 aromatic carbocycles. The van der Waals surface area contributed by atoms with Gasteiger partial charge < -0.3 is 16.0 Å². The van der Waals surface area contributed by atoms with E-state index in [1.54, 1.807) is 18.2 Å². The predicted octanol–water partition coefficient (Wildman–Crippen LogP) is 2.50. The molecule has 158 valence electrons. The van der Waals surface area contributed by atoms with Crippen LogP contribution in [0.15, 0.2) is 48.5 Å². The van der Waals surface area contributed by atoms with Crippen LogP contribution < -0.4 is 11.1 Å². The van der Waals surface area contributed by atoms with E-state index in [-0.39, 0.29) is 43.2 Å². The molecule has 0 aliphatic carbocycles. The molecule has 0 spiro atoms. The van der Waals surface area contributed by atoms with Crippen molar-refractivity contribution in [2.45, 2.75) is 13.5 Å². The summed E-state index contributed by atoms with van der Waals surface area (Å²) >= 11 is 0. The van der Waals surface area contributed by atoms with Gasteiger partial charge in [-0.2, -0.15) is 0 Å². The number of piperazine rings is 1. The summed E-state index contributed by atoms with van der Waals surface area (Å²) in [6.07, 6.45) is 0. The maximum absolute atomic E-state index is 12.4. The van der Waals surface area contributed by atoms with Crippen molar-refractivity contribution in [1.82, 2.24) is 15.1 Å². The number of nitrogens with two attached hydrogens (primary N) is 1. The van der Waals surface area contributed by atoms with Crippen LogP contribution in [0.2, 0.25) is 0 Å². The second kappa shape index (κ2) is 11.7. The van der Waals surface area contributed by atoms with Gasteiger partial charge in [0.25, 0.3) is 5.91 Å². The van der Waals surface area contributed by atoms with E-state index in [2.05, 4.69) is 22.3 Å². The third-order valence-corrected chi connectivity index (χ3v) is 4.88. The minimum absolute atomic E-state index is 0. The molecule has 2 aromatic rings. The van der Waals surface area contributed by atoms with Crippen molar-refractivity contribution in [3.63, 3.8) is 0 Å². The maximum atomic E-state index is 12.4. The molecule has 1 fully saturated rings. The summed E-state index contributed by atoms with van der Waals surface area (Å²) in [4.78, 5) is 28.9. The average Bonchev–Trinajstić information content (AvgIpc) is 2.69. The zero-order valence-corrected chi connectivity index (χ0v) is 18.1. The van der Waals surface area contributed by atoms with Gasteiger partial charge in [0.15, 0.2) is 0 Å². The van der Waals surface area contributed by atoms with Crippen LogP contribution >= 0.6 is 24.8 Å². The van der Waals surface area contributed by atoms with Crippen LogP contribution in [0.4, 0.5) is 5.69 Å². The lowest BCUT2D eigenvalue weighted by Gasteiger charge is -2.34. The SMILES string of the molecule is Cc1ccc(N)cc1C(=O)NCC(=O)N1CCN(Cc2ccccc2)CC1.Cl.Cl. The second-order valence-electron chi connectivity index (χ2n) is 6.90. The van der Waals surface area contributed by atoms with Crippen molar-refractivity contribution in [1.29, 1.82) is 0 Å². The van der Waals surface area contributed by atoms with Crippen molar-refractivity contribution in [2.75, 3.05) is 38.5 Å². The molecule has 6 nitrogen and oxygen atoms in total. The van der Waals surface area contributed by atoms with Gasteiger partial charge in [0.1, 0.15) is 0 Å². The molecule has 3 rings (SSSR count). The Kier molecular flexibility index (Phi) is 9.95. The van der Waals surface area contributed by atoms with Crippen LogP contribution in [-0.4, -0.2) is 54.3 Å². The number of carbonyl (C=O) groups is 2. The molecule has 0 saturated carbocycles. The highest BCUT2D eigenvalue weighted by Gasteiger charge is 2.21. The summed E-state index contributed by atoms with van der Waals surface area (Å²) in [7, 11) is 0. The van der Waals surface area contributed by atoms with E-state index in [1.807, 2.05) is 30.0 Å². The maximum Gasteiger partial charge on any atom is 0.252 e. The van der Waals surface area contributed by atoms with Crippen molar-refractivity contribution in [3.8, 4) is 0 Å². The van der Waals surface area contributed by atoms with Gasteiger partial charge in [-0.05, 0) is 30.2 Å². The Balaban J connectivity index is 0.00000210. The van der Waals surface area contributed by atoms with E-state index in [4.69, 9.17) is 5.73 Å². The van der Waals surface area contributed by atoms with Crippen molar-refractivity contribution in [2.24, 2.45) is 0 Å². The zero-order valence-electron chi connectivity index (χ0n) is 16.5. The summed E-state index contributed by atoms with van der Waals surface area (Å²) in [6.45, 7) is 5.78. The lowest BCUT2D eigenvalue weighted by molar-refractivity contribution is -0.131. The molecule has 2 amide bonds. The number of hydrogen-bond donors (Lipinski definition) is 2. The fourth-order valence-electron chi connectivity index (χ4n) is 3.24. The van der Waals surface area contributed by atoms with Gasteiger partial charge in [0.2, 0.25) is 5.91 Å². The van der Waals surface area contributed by atoms with E-state index >= 15 is 0 Å². The summed E-state index contributed by atoms with van der Waals surface area (Å²) in [5.74, 6) is -0.319. The first-order valence-corrected chi connectivity index (χ1v) is 9.21. The highest BCUT2D eigenvalue weighted by molar-refractivity contribution is 5.98. The third kappa shape index (κ3) is 6.92. The Labute approximate surface area is 184 Å². The highest BCUT2D eigenvalue weighted by atomic mass is 35.5. The number of carbonyl (C=O) groups excluding carboxylic acids is 2. The molecule has 29 heavy (non-hydrogen) atoms. The van der Waals surface area contributed by atoms with E-state index in [0.717, 1.165) is 25.2 Å². The molecule has 1 aliphatic rings. The van der Waals surface area contributed by atoms with Crippen LogP contribution in [0.3, 0.4) is 0 Å². The van der Waals surface area contributed by atoms with Crippen molar-refractivity contribution < 1.29 is 9.59 Å². The highest BCUT2D eigenvalue weighted by Crippen LogP contribution is 2.12. The number of anilines is 1. The normalized spacial score (nSPS) is 13.8. The predicted molar refractivity (Wildman–Crippen MR) is 121 cm³/mol. The number of rotatable bonds is 5. The average molecular weight is 439 g/mol. The number of hydrogen-bond acceptors (Lipinski definition) is 4. The fraction of sp³-hybridized carbons (Fsp3) is 0.333. The van der Waals surface area contributed by atoms with Crippen LogP contribution in [0.25, 0.3) is 0 Å². The second-order valence-corrected chi connectivity index (χ2v) is 6.90. The molecule has 0 radical (unpaired) electrons. The van der Waals surface area contributed by atoms with Gasteiger partial charge in [0.05, 0.1) is 6.54 Å². The molecule has 0 unspecified atom stereocenters. The lowest BCUT2D eigenvalue weighted by atomic mass is 10.1. The number of aryl methyl sites for hydroxylation is 1. The molecular weight excluding hydrogens is 411 g/mol. The third-order valence-electron chi connectivity index (χ3n) is 4.88. The van der Waals surface area contributed by atoms with Crippen LogP contribution in [0.1, 0.15) is 21.5 Å². The van der Waals surface area contributed by atoms with Gasteiger partial charge in [0, 0.05) is 44.0 Å². The van der Waals surface area contributed by atoms with E-state index < -0.39 is 0 Å². The fourth-order valence-corrected chi connectivity index (χ4v) is 3.24. The first kappa shape index (κ1) is 24.8.